The summed E-state index contributed by atoms with van der Waals surface area (Å²) in [6.45, 7) is 0. The molecular formula is C18H17N3O3. The summed E-state index contributed by atoms with van der Waals surface area (Å²) in [6, 6.07) is 12.9. The van der Waals surface area contributed by atoms with E-state index in [1.54, 1.807) is 30.5 Å². The van der Waals surface area contributed by atoms with E-state index in [9.17, 15) is 14.7 Å². The minimum Gasteiger partial charge on any atom is -0.480 e. The second kappa shape index (κ2) is 6.54. The standard InChI is InChI=1S/C18H17N3O3/c19-13-7-5-11(6-8-13)17(22)21-16(18(23)24)9-12-10-20-15-4-2-1-3-14(12)15/h1-8,10,12,16H,9,19H2,(H,21,22)(H,23,24). The SMILES string of the molecule is Nc1ccc(C(=O)NC(CC2C=Nc3ccccc32)C(=O)O)cc1. The number of aliphatic carboxylic acids is 1. The van der Waals surface area contributed by atoms with Crippen molar-refractivity contribution in [2.75, 3.05) is 5.73 Å². The van der Waals surface area contributed by atoms with E-state index < -0.39 is 17.9 Å². The van der Waals surface area contributed by atoms with Crippen molar-refractivity contribution < 1.29 is 14.7 Å². The number of nitrogens with two attached hydrogens (primary N) is 1. The van der Waals surface area contributed by atoms with Crippen molar-refractivity contribution in [2.45, 2.75) is 18.4 Å². The van der Waals surface area contributed by atoms with Gasteiger partial charge in [0.05, 0.1) is 5.69 Å². The summed E-state index contributed by atoms with van der Waals surface area (Å²) in [5, 5.41) is 12.0. The maximum Gasteiger partial charge on any atom is 0.326 e. The maximum atomic E-state index is 12.2. The van der Waals surface area contributed by atoms with Crippen molar-refractivity contribution in [2.24, 2.45) is 4.99 Å². The number of nitrogens with one attached hydrogen (secondary N) is 1. The van der Waals surface area contributed by atoms with Gasteiger partial charge in [0.25, 0.3) is 5.91 Å². The lowest BCUT2D eigenvalue weighted by Crippen LogP contribution is -2.41. The fraction of sp³-hybridized carbons (Fsp3) is 0.167. The number of rotatable bonds is 5. The molecular weight excluding hydrogens is 306 g/mol. The molecule has 1 heterocycles. The monoisotopic (exact) mass is 323 g/mol. The molecule has 1 aliphatic heterocycles. The third kappa shape index (κ3) is 3.27. The Labute approximate surface area is 139 Å². The van der Waals surface area contributed by atoms with Crippen LogP contribution in [0.5, 0.6) is 0 Å². The predicted octanol–water partition coefficient (Wildman–Crippen LogP) is 2.34. The van der Waals surface area contributed by atoms with Gasteiger partial charge in [0.1, 0.15) is 6.04 Å². The van der Waals surface area contributed by atoms with E-state index in [0.717, 1.165) is 11.3 Å². The Morgan fingerprint density at radius 3 is 2.58 bits per heavy atom. The van der Waals surface area contributed by atoms with E-state index in [1.165, 1.54) is 0 Å². The fourth-order valence-electron chi connectivity index (χ4n) is 2.71. The van der Waals surface area contributed by atoms with Gasteiger partial charge in [-0.15, -0.1) is 0 Å². The van der Waals surface area contributed by atoms with Gasteiger partial charge in [-0.25, -0.2) is 4.79 Å². The number of carboxylic acid groups (broad SMARTS) is 1. The van der Waals surface area contributed by atoms with Crippen molar-refractivity contribution in [3.8, 4) is 0 Å². The van der Waals surface area contributed by atoms with E-state index in [1.807, 2.05) is 24.3 Å². The number of carbonyl (C=O) groups excluding carboxylic acids is 1. The molecule has 122 valence electrons. The zero-order valence-corrected chi connectivity index (χ0v) is 12.8. The second-order valence-corrected chi connectivity index (χ2v) is 5.67. The number of anilines is 1. The van der Waals surface area contributed by atoms with Crippen LogP contribution in [-0.2, 0) is 4.79 Å². The van der Waals surface area contributed by atoms with Crippen molar-refractivity contribution in [1.82, 2.24) is 5.32 Å². The summed E-state index contributed by atoms with van der Waals surface area (Å²) in [5.74, 6) is -1.64. The normalized spacial score (nSPS) is 16.4. The number of amides is 1. The first-order valence-corrected chi connectivity index (χ1v) is 7.57. The smallest absolute Gasteiger partial charge is 0.326 e. The predicted molar refractivity (Wildman–Crippen MR) is 91.7 cm³/mol. The van der Waals surface area contributed by atoms with Crippen LogP contribution in [0.1, 0.15) is 28.3 Å². The molecule has 4 N–H and O–H groups in total. The lowest BCUT2D eigenvalue weighted by Gasteiger charge is -2.18. The maximum absolute atomic E-state index is 12.2. The molecule has 6 nitrogen and oxygen atoms in total. The zero-order chi connectivity index (χ0) is 17.1. The van der Waals surface area contributed by atoms with Crippen LogP contribution in [0.15, 0.2) is 53.5 Å². The molecule has 1 amide bonds. The number of para-hydroxylation sites is 1. The van der Waals surface area contributed by atoms with Crippen molar-refractivity contribution >= 4 is 29.5 Å². The Hall–Kier alpha value is -3.15. The van der Waals surface area contributed by atoms with Gasteiger partial charge in [0, 0.05) is 23.4 Å². The highest BCUT2D eigenvalue weighted by Gasteiger charge is 2.27. The van der Waals surface area contributed by atoms with Gasteiger partial charge in [-0.2, -0.15) is 0 Å². The molecule has 3 rings (SSSR count). The molecule has 0 saturated heterocycles. The molecule has 2 aromatic carbocycles. The number of nitrogen functional groups attached to an aromatic ring is 1. The third-order valence-corrected chi connectivity index (χ3v) is 4.00. The average molecular weight is 323 g/mol. The van der Waals surface area contributed by atoms with Crippen LogP contribution >= 0.6 is 0 Å². The molecule has 0 aliphatic carbocycles. The lowest BCUT2D eigenvalue weighted by atomic mass is 9.94. The molecule has 0 radical (unpaired) electrons. The number of fused-ring (bicyclic) bond motifs is 1. The van der Waals surface area contributed by atoms with Crippen molar-refractivity contribution in [3.63, 3.8) is 0 Å². The number of hydrogen-bond acceptors (Lipinski definition) is 4. The Bertz CT molecular complexity index is 799. The van der Waals surface area contributed by atoms with Gasteiger partial charge >= 0.3 is 5.97 Å². The number of carboxylic acids is 1. The molecule has 24 heavy (non-hydrogen) atoms. The van der Waals surface area contributed by atoms with Gasteiger partial charge in [0.2, 0.25) is 0 Å². The summed E-state index contributed by atoms with van der Waals surface area (Å²) in [5.41, 5.74) is 8.32. The topological polar surface area (TPSA) is 105 Å². The first-order valence-electron chi connectivity index (χ1n) is 7.57. The molecule has 6 heteroatoms. The first kappa shape index (κ1) is 15.7. The Balaban J connectivity index is 1.72. The van der Waals surface area contributed by atoms with Crippen LogP contribution in [0.3, 0.4) is 0 Å². The Morgan fingerprint density at radius 1 is 1.17 bits per heavy atom. The first-order chi connectivity index (χ1) is 11.5. The summed E-state index contributed by atoms with van der Waals surface area (Å²) in [6.07, 6.45) is 1.98. The molecule has 1 aliphatic rings. The molecule has 2 aromatic rings. The highest BCUT2D eigenvalue weighted by atomic mass is 16.4. The molecule has 0 spiro atoms. The molecule has 2 atom stereocenters. The quantitative estimate of drug-likeness (QED) is 0.734. The number of carbonyl (C=O) groups is 2. The van der Waals surface area contributed by atoms with Crippen LogP contribution in [0.2, 0.25) is 0 Å². The number of nitrogens with zero attached hydrogens (tertiary/aromatic N) is 1. The van der Waals surface area contributed by atoms with Crippen LogP contribution in [0.25, 0.3) is 0 Å². The van der Waals surface area contributed by atoms with Crippen LogP contribution in [0.4, 0.5) is 11.4 Å². The van der Waals surface area contributed by atoms with Gasteiger partial charge in [-0.05, 0) is 42.3 Å². The van der Waals surface area contributed by atoms with E-state index in [2.05, 4.69) is 10.3 Å². The summed E-state index contributed by atoms with van der Waals surface area (Å²) < 4.78 is 0. The highest BCUT2D eigenvalue weighted by molar-refractivity contribution is 5.97. The minimum atomic E-state index is -1.07. The molecule has 2 unspecified atom stereocenters. The molecule has 0 bridgehead atoms. The van der Waals surface area contributed by atoms with Crippen LogP contribution in [-0.4, -0.2) is 29.2 Å². The molecule has 0 saturated carbocycles. The highest BCUT2D eigenvalue weighted by Crippen LogP contribution is 2.34. The van der Waals surface area contributed by atoms with Gasteiger partial charge in [-0.3, -0.25) is 9.79 Å². The lowest BCUT2D eigenvalue weighted by molar-refractivity contribution is -0.139. The summed E-state index contributed by atoms with van der Waals surface area (Å²) >= 11 is 0. The van der Waals surface area contributed by atoms with Gasteiger partial charge in [0.15, 0.2) is 0 Å². The average Bonchev–Trinajstić information content (AvgIpc) is 2.98. The van der Waals surface area contributed by atoms with Gasteiger partial charge in [-0.1, -0.05) is 18.2 Å². The van der Waals surface area contributed by atoms with E-state index >= 15 is 0 Å². The van der Waals surface area contributed by atoms with E-state index in [0.29, 0.717) is 11.3 Å². The summed E-state index contributed by atoms with van der Waals surface area (Å²) in [7, 11) is 0. The number of benzene rings is 2. The Morgan fingerprint density at radius 2 is 1.88 bits per heavy atom. The number of hydrogen-bond donors (Lipinski definition) is 3. The van der Waals surface area contributed by atoms with E-state index in [4.69, 9.17) is 5.73 Å². The minimum absolute atomic E-state index is 0.131. The van der Waals surface area contributed by atoms with Crippen LogP contribution in [0, 0.1) is 0 Å². The molecule has 0 aromatic heterocycles. The Kier molecular flexibility index (Phi) is 4.29. The largest absolute Gasteiger partial charge is 0.480 e. The second-order valence-electron chi connectivity index (χ2n) is 5.67. The van der Waals surface area contributed by atoms with Crippen molar-refractivity contribution in [1.29, 1.82) is 0 Å². The number of aliphatic imine (C=N–C) groups is 1. The van der Waals surface area contributed by atoms with Gasteiger partial charge < -0.3 is 16.2 Å². The van der Waals surface area contributed by atoms with Crippen molar-refractivity contribution in [3.05, 3.63) is 59.7 Å². The zero-order valence-electron chi connectivity index (χ0n) is 12.8. The molecule has 0 fully saturated rings. The third-order valence-electron chi connectivity index (χ3n) is 4.00. The summed E-state index contributed by atoms with van der Waals surface area (Å²) in [4.78, 5) is 28.1. The van der Waals surface area contributed by atoms with Crippen LogP contribution < -0.4 is 11.1 Å². The fourth-order valence-corrected chi connectivity index (χ4v) is 2.71. The van der Waals surface area contributed by atoms with E-state index in [-0.39, 0.29) is 12.3 Å².